The molecule has 1 heterocycles. The second kappa shape index (κ2) is 6.10. The van der Waals surface area contributed by atoms with Crippen molar-refractivity contribution in [2.75, 3.05) is 13.1 Å². The summed E-state index contributed by atoms with van der Waals surface area (Å²) in [6.07, 6.45) is 1.61. The van der Waals surface area contributed by atoms with Crippen LogP contribution in [0.3, 0.4) is 0 Å². The number of benzene rings is 1. The van der Waals surface area contributed by atoms with E-state index in [1.54, 1.807) is 6.07 Å². The second-order valence-electron chi connectivity index (χ2n) is 4.78. The number of likely N-dealkylation sites (tertiary alicyclic amines) is 1. The number of hydrogen-bond acceptors (Lipinski definition) is 3. The summed E-state index contributed by atoms with van der Waals surface area (Å²) in [5.74, 6) is 0.0114. The fraction of sp³-hybridized carbons (Fsp3) is 0.429. The van der Waals surface area contributed by atoms with Crippen LogP contribution in [0.1, 0.15) is 30.1 Å². The lowest BCUT2D eigenvalue weighted by Crippen LogP contribution is -2.46. The van der Waals surface area contributed by atoms with Crippen LogP contribution < -0.4 is 5.32 Å². The van der Waals surface area contributed by atoms with E-state index in [2.05, 4.69) is 17.9 Å². The maximum atomic E-state index is 12.3. The third kappa shape index (κ3) is 3.50. The van der Waals surface area contributed by atoms with Crippen LogP contribution in [0.15, 0.2) is 29.2 Å². The Morgan fingerprint density at radius 1 is 1.26 bits per heavy atom. The van der Waals surface area contributed by atoms with Crippen LogP contribution in [0.5, 0.6) is 0 Å². The van der Waals surface area contributed by atoms with Gasteiger partial charge in [-0.3, -0.25) is 9.59 Å². The molecule has 1 saturated heterocycles. The molecule has 0 spiro atoms. The molecule has 2 rings (SSSR count). The number of nitrogens with zero attached hydrogens (tertiary/aromatic N) is 1. The summed E-state index contributed by atoms with van der Waals surface area (Å²) >= 11 is 4.32. The van der Waals surface area contributed by atoms with E-state index in [0.29, 0.717) is 23.5 Å². The molecular formula is C14H18N2O2S. The molecule has 1 aromatic carbocycles. The van der Waals surface area contributed by atoms with Gasteiger partial charge in [0.05, 0.1) is 5.56 Å². The van der Waals surface area contributed by atoms with E-state index in [-0.39, 0.29) is 17.9 Å². The molecule has 4 nitrogen and oxygen atoms in total. The minimum Gasteiger partial charge on any atom is -0.353 e. The Bertz CT molecular complexity index is 482. The Morgan fingerprint density at radius 2 is 1.89 bits per heavy atom. The molecule has 102 valence electrons. The molecule has 2 amide bonds. The van der Waals surface area contributed by atoms with E-state index >= 15 is 0 Å². The smallest absolute Gasteiger partial charge is 0.254 e. The molecule has 0 aromatic heterocycles. The zero-order chi connectivity index (χ0) is 13.8. The van der Waals surface area contributed by atoms with E-state index in [1.165, 1.54) is 6.92 Å². The molecule has 1 N–H and O–H groups in total. The van der Waals surface area contributed by atoms with Crippen molar-refractivity contribution < 1.29 is 9.59 Å². The van der Waals surface area contributed by atoms with Gasteiger partial charge >= 0.3 is 0 Å². The Morgan fingerprint density at radius 3 is 2.47 bits per heavy atom. The maximum absolute atomic E-state index is 12.3. The Hall–Kier alpha value is -1.49. The van der Waals surface area contributed by atoms with Crippen molar-refractivity contribution in [3.8, 4) is 0 Å². The molecule has 0 saturated carbocycles. The van der Waals surface area contributed by atoms with Gasteiger partial charge in [0.1, 0.15) is 0 Å². The first-order valence-corrected chi connectivity index (χ1v) is 6.87. The van der Waals surface area contributed by atoms with Gasteiger partial charge in [0.25, 0.3) is 5.91 Å². The van der Waals surface area contributed by atoms with Crippen molar-refractivity contribution in [3.63, 3.8) is 0 Å². The molecule has 0 bridgehead atoms. The van der Waals surface area contributed by atoms with Crippen molar-refractivity contribution in [1.82, 2.24) is 10.2 Å². The van der Waals surface area contributed by atoms with Gasteiger partial charge in [0, 0.05) is 31.0 Å². The Balaban J connectivity index is 1.96. The summed E-state index contributed by atoms with van der Waals surface area (Å²) in [5.41, 5.74) is 0.642. The minimum atomic E-state index is -0.00881. The average Bonchev–Trinajstić information content (AvgIpc) is 2.39. The molecule has 5 heteroatoms. The summed E-state index contributed by atoms with van der Waals surface area (Å²) in [6.45, 7) is 2.87. The number of rotatable bonds is 2. The van der Waals surface area contributed by atoms with E-state index < -0.39 is 0 Å². The fourth-order valence-corrected chi connectivity index (χ4v) is 2.60. The van der Waals surface area contributed by atoms with E-state index in [1.807, 2.05) is 23.1 Å². The van der Waals surface area contributed by atoms with Gasteiger partial charge in [0.2, 0.25) is 5.91 Å². The molecule has 0 atom stereocenters. The molecule has 1 aliphatic rings. The van der Waals surface area contributed by atoms with Gasteiger partial charge in [-0.25, -0.2) is 0 Å². The van der Waals surface area contributed by atoms with Crippen LogP contribution in [-0.2, 0) is 4.79 Å². The second-order valence-corrected chi connectivity index (χ2v) is 5.27. The summed E-state index contributed by atoms with van der Waals surface area (Å²) in [5, 5.41) is 2.90. The maximum Gasteiger partial charge on any atom is 0.254 e. The van der Waals surface area contributed by atoms with Crippen molar-refractivity contribution >= 4 is 24.4 Å². The zero-order valence-corrected chi connectivity index (χ0v) is 11.8. The first-order chi connectivity index (χ1) is 9.08. The summed E-state index contributed by atoms with van der Waals surface area (Å²) in [4.78, 5) is 25.9. The quantitative estimate of drug-likeness (QED) is 0.809. The van der Waals surface area contributed by atoms with Gasteiger partial charge in [0.15, 0.2) is 0 Å². The molecule has 0 aliphatic carbocycles. The standard InChI is InChI=1S/C14H18N2O2S/c1-10(17)15-11-6-8-16(9-7-11)14(18)12-4-2-3-5-13(12)19/h2-5,11,19H,6-9H2,1H3,(H,15,17). The van der Waals surface area contributed by atoms with E-state index in [4.69, 9.17) is 0 Å². The van der Waals surface area contributed by atoms with E-state index in [9.17, 15) is 9.59 Å². The highest BCUT2D eigenvalue weighted by Gasteiger charge is 2.24. The molecule has 1 fully saturated rings. The highest BCUT2D eigenvalue weighted by atomic mass is 32.1. The zero-order valence-electron chi connectivity index (χ0n) is 10.9. The fourth-order valence-electron chi connectivity index (χ4n) is 2.34. The Labute approximate surface area is 118 Å². The number of piperidine rings is 1. The highest BCUT2D eigenvalue weighted by molar-refractivity contribution is 7.80. The SMILES string of the molecule is CC(=O)NC1CCN(C(=O)c2ccccc2S)CC1. The number of thiol groups is 1. The lowest BCUT2D eigenvalue weighted by Gasteiger charge is -2.32. The van der Waals surface area contributed by atoms with E-state index in [0.717, 1.165) is 12.8 Å². The van der Waals surface area contributed by atoms with Crippen molar-refractivity contribution in [2.45, 2.75) is 30.7 Å². The number of carbonyl (C=O) groups excluding carboxylic acids is 2. The summed E-state index contributed by atoms with van der Waals surface area (Å²) < 4.78 is 0. The minimum absolute atomic E-state index is 0.00881. The van der Waals surface area contributed by atoms with Crippen LogP contribution in [-0.4, -0.2) is 35.8 Å². The first kappa shape index (κ1) is 13.9. The van der Waals surface area contributed by atoms with Gasteiger partial charge in [-0.15, -0.1) is 12.6 Å². The normalized spacial score (nSPS) is 16.2. The molecule has 1 aliphatic heterocycles. The van der Waals surface area contributed by atoms with Crippen molar-refractivity contribution in [2.24, 2.45) is 0 Å². The lowest BCUT2D eigenvalue weighted by molar-refractivity contribution is -0.119. The summed E-state index contributed by atoms with van der Waals surface area (Å²) in [7, 11) is 0. The van der Waals surface area contributed by atoms with Gasteiger partial charge in [-0.1, -0.05) is 12.1 Å². The molecule has 1 aromatic rings. The molecule has 19 heavy (non-hydrogen) atoms. The number of amides is 2. The first-order valence-electron chi connectivity index (χ1n) is 6.42. The van der Waals surface area contributed by atoms with Crippen LogP contribution in [0.2, 0.25) is 0 Å². The highest BCUT2D eigenvalue weighted by Crippen LogP contribution is 2.18. The van der Waals surface area contributed by atoms with Crippen LogP contribution in [0.4, 0.5) is 0 Å². The predicted molar refractivity (Wildman–Crippen MR) is 76.4 cm³/mol. The van der Waals surface area contributed by atoms with Gasteiger partial charge < -0.3 is 10.2 Å². The molecular weight excluding hydrogens is 260 g/mol. The molecule has 0 unspecified atom stereocenters. The van der Waals surface area contributed by atoms with Crippen LogP contribution in [0.25, 0.3) is 0 Å². The number of carbonyl (C=O) groups is 2. The third-order valence-corrected chi connectivity index (χ3v) is 3.71. The van der Waals surface area contributed by atoms with Gasteiger partial charge in [-0.2, -0.15) is 0 Å². The Kier molecular flexibility index (Phi) is 4.47. The van der Waals surface area contributed by atoms with Crippen molar-refractivity contribution in [1.29, 1.82) is 0 Å². The lowest BCUT2D eigenvalue weighted by atomic mass is 10.0. The van der Waals surface area contributed by atoms with Crippen molar-refractivity contribution in [3.05, 3.63) is 29.8 Å². The monoisotopic (exact) mass is 278 g/mol. The summed E-state index contributed by atoms with van der Waals surface area (Å²) in [6, 6.07) is 7.51. The average molecular weight is 278 g/mol. The van der Waals surface area contributed by atoms with Gasteiger partial charge in [-0.05, 0) is 25.0 Å². The van der Waals surface area contributed by atoms with Crippen LogP contribution in [0, 0.1) is 0 Å². The largest absolute Gasteiger partial charge is 0.353 e. The predicted octanol–water partition coefficient (Wildman–Crippen LogP) is 1.72. The number of nitrogens with one attached hydrogen (secondary N) is 1. The van der Waals surface area contributed by atoms with Crippen LogP contribution >= 0.6 is 12.6 Å². The topological polar surface area (TPSA) is 49.4 Å². The molecule has 0 radical (unpaired) electrons. The number of hydrogen-bond donors (Lipinski definition) is 2. The third-order valence-electron chi connectivity index (χ3n) is 3.32.